The van der Waals surface area contributed by atoms with E-state index in [1.165, 1.54) is 23.9 Å². The van der Waals surface area contributed by atoms with Crippen LogP contribution in [0, 0.1) is 5.82 Å². The average molecular weight is 343 g/mol. The second-order valence-corrected chi connectivity index (χ2v) is 6.96. The van der Waals surface area contributed by atoms with Crippen LogP contribution in [0.3, 0.4) is 0 Å². The highest BCUT2D eigenvalue weighted by Crippen LogP contribution is 2.31. The fourth-order valence-corrected chi connectivity index (χ4v) is 3.42. The van der Waals surface area contributed by atoms with Gasteiger partial charge >= 0.3 is 0 Å². The molecule has 2 aromatic rings. The number of carbonyl (C=O) groups is 1. The SMILES string of the molecule is CC1(C)N=C(SCC(=O)Nc2cccc(F)c2)c2ccccc2N1. The number of hydrogen-bond donors (Lipinski definition) is 2. The second kappa shape index (κ2) is 6.65. The Hall–Kier alpha value is -2.34. The van der Waals surface area contributed by atoms with Gasteiger partial charge < -0.3 is 10.6 Å². The number of anilines is 2. The molecule has 0 atom stereocenters. The molecule has 0 unspecified atom stereocenters. The first-order valence-corrected chi connectivity index (χ1v) is 8.57. The van der Waals surface area contributed by atoms with Crippen molar-refractivity contribution in [2.75, 3.05) is 16.4 Å². The minimum absolute atomic E-state index is 0.192. The first kappa shape index (κ1) is 16.5. The van der Waals surface area contributed by atoms with Gasteiger partial charge in [0, 0.05) is 16.9 Å². The average Bonchev–Trinajstić information content (AvgIpc) is 2.51. The third-order valence-corrected chi connectivity index (χ3v) is 4.42. The van der Waals surface area contributed by atoms with Crippen LogP contribution in [0.15, 0.2) is 53.5 Å². The van der Waals surface area contributed by atoms with Gasteiger partial charge in [-0.05, 0) is 38.1 Å². The highest BCUT2D eigenvalue weighted by atomic mass is 32.2. The summed E-state index contributed by atoms with van der Waals surface area (Å²) < 4.78 is 13.2. The van der Waals surface area contributed by atoms with Gasteiger partial charge in [0.05, 0.1) is 5.75 Å². The van der Waals surface area contributed by atoms with Crippen LogP contribution in [0.1, 0.15) is 19.4 Å². The van der Waals surface area contributed by atoms with E-state index in [1.54, 1.807) is 12.1 Å². The molecular weight excluding hydrogens is 325 g/mol. The molecule has 2 aromatic carbocycles. The molecule has 0 saturated carbocycles. The maximum absolute atomic E-state index is 13.2. The van der Waals surface area contributed by atoms with Crippen LogP contribution in [0.25, 0.3) is 0 Å². The first-order chi connectivity index (χ1) is 11.4. The fraction of sp³-hybridized carbons (Fsp3) is 0.222. The van der Waals surface area contributed by atoms with Crippen LogP contribution in [-0.2, 0) is 4.79 Å². The van der Waals surface area contributed by atoms with Crippen LogP contribution in [-0.4, -0.2) is 22.4 Å². The topological polar surface area (TPSA) is 53.5 Å². The fourth-order valence-electron chi connectivity index (χ4n) is 2.46. The molecule has 0 aliphatic carbocycles. The van der Waals surface area contributed by atoms with Gasteiger partial charge in [-0.3, -0.25) is 9.79 Å². The van der Waals surface area contributed by atoms with E-state index in [4.69, 9.17) is 0 Å². The van der Waals surface area contributed by atoms with Crippen molar-refractivity contribution in [3.8, 4) is 0 Å². The number of hydrogen-bond acceptors (Lipinski definition) is 4. The van der Waals surface area contributed by atoms with Gasteiger partial charge in [0.2, 0.25) is 5.91 Å². The molecule has 4 nitrogen and oxygen atoms in total. The molecule has 1 heterocycles. The molecule has 0 spiro atoms. The monoisotopic (exact) mass is 343 g/mol. The van der Waals surface area contributed by atoms with Crippen molar-refractivity contribution in [3.05, 3.63) is 59.9 Å². The summed E-state index contributed by atoms with van der Waals surface area (Å²) in [6.07, 6.45) is 0. The standard InChI is InChI=1S/C18H18FN3OS/c1-18(2)21-15-9-4-3-8-14(15)17(22-18)24-11-16(23)20-13-7-5-6-12(19)10-13/h3-10,21H,11H2,1-2H3,(H,20,23). The van der Waals surface area contributed by atoms with E-state index in [9.17, 15) is 9.18 Å². The van der Waals surface area contributed by atoms with Gasteiger partial charge in [0.1, 0.15) is 16.5 Å². The molecule has 3 rings (SSSR count). The smallest absolute Gasteiger partial charge is 0.234 e. The van der Waals surface area contributed by atoms with Crippen molar-refractivity contribution < 1.29 is 9.18 Å². The van der Waals surface area contributed by atoms with Gasteiger partial charge in [0.15, 0.2) is 0 Å². The molecule has 0 saturated heterocycles. The lowest BCUT2D eigenvalue weighted by Gasteiger charge is -2.30. The third-order valence-electron chi connectivity index (χ3n) is 3.43. The van der Waals surface area contributed by atoms with Crippen LogP contribution < -0.4 is 10.6 Å². The number of amides is 1. The number of nitrogens with zero attached hydrogens (tertiary/aromatic N) is 1. The number of para-hydroxylation sites is 1. The van der Waals surface area contributed by atoms with E-state index in [0.717, 1.165) is 16.3 Å². The molecule has 6 heteroatoms. The Morgan fingerprint density at radius 3 is 2.83 bits per heavy atom. The van der Waals surface area contributed by atoms with Crippen molar-refractivity contribution in [3.63, 3.8) is 0 Å². The van der Waals surface area contributed by atoms with E-state index >= 15 is 0 Å². The van der Waals surface area contributed by atoms with Crippen molar-refractivity contribution >= 4 is 34.1 Å². The van der Waals surface area contributed by atoms with Crippen LogP contribution in [0.2, 0.25) is 0 Å². The normalized spacial score (nSPS) is 15.0. The van der Waals surface area contributed by atoms with Gasteiger partial charge in [-0.2, -0.15) is 0 Å². The number of benzene rings is 2. The molecule has 2 N–H and O–H groups in total. The lowest BCUT2D eigenvalue weighted by molar-refractivity contribution is -0.113. The molecule has 0 bridgehead atoms. The van der Waals surface area contributed by atoms with Crippen LogP contribution >= 0.6 is 11.8 Å². The summed E-state index contributed by atoms with van der Waals surface area (Å²) in [5.41, 5.74) is 2.02. The molecule has 24 heavy (non-hydrogen) atoms. The lowest BCUT2D eigenvalue weighted by Crippen LogP contribution is -2.34. The van der Waals surface area contributed by atoms with Crippen molar-refractivity contribution in [2.45, 2.75) is 19.5 Å². The Bertz CT molecular complexity index is 804. The summed E-state index contributed by atoms with van der Waals surface area (Å²) >= 11 is 1.38. The zero-order valence-electron chi connectivity index (χ0n) is 13.5. The summed E-state index contributed by atoms with van der Waals surface area (Å²) in [7, 11) is 0. The summed E-state index contributed by atoms with van der Waals surface area (Å²) in [5, 5.41) is 6.88. The predicted octanol–water partition coefficient (Wildman–Crippen LogP) is 4.11. The van der Waals surface area contributed by atoms with E-state index in [0.29, 0.717) is 5.69 Å². The van der Waals surface area contributed by atoms with E-state index in [-0.39, 0.29) is 17.5 Å². The number of fused-ring (bicyclic) bond motifs is 1. The maximum atomic E-state index is 13.2. The number of rotatable bonds is 3. The molecule has 1 amide bonds. The van der Waals surface area contributed by atoms with Gasteiger partial charge in [0.25, 0.3) is 0 Å². The number of thioether (sulfide) groups is 1. The first-order valence-electron chi connectivity index (χ1n) is 7.59. The van der Waals surface area contributed by atoms with Gasteiger partial charge in [-0.25, -0.2) is 4.39 Å². The van der Waals surface area contributed by atoms with Crippen LogP contribution in [0.5, 0.6) is 0 Å². The summed E-state index contributed by atoms with van der Waals surface area (Å²) in [4.78, 5) is 16.8. The predicted molar refractivity (Wildman–Crippen MR) is 98.2 cm³/mol. The molecule has 124 valence electrons. The van der Waals surface area contributed by atoms with E-state index < -0.39 is 5.66 Å². The van der Waals surface area contributed by atoms with Crippen molar-refractivity contribution in [2.24, 2.45) is 4.99 Å². The van der Waals surface area contributed by atoms with E-state index in [2.05, 4.69) is 15.6 Å². The number of carbonyl (C=O) groups excluding carboxylic acids is 1. The lowest BCUT2D eigenvalue weighted by atomic mass is 10.1. The molecule has 0 radical (unpaired) electrons. The Kier molecular flexibility index (Phi) is 4.57. The van der Waals surface area contributed by atoms with Crippen molar-refractivity contribution in [1.82, 2.24) is 0 Å². The van der Waals surface area contributed by atoms with Crippen LogP contribution in [0.4, 0.5) is 15.8 Å². The Balaban J connectivity index is 1.69. The Labute approximate surface area is 144 Å². The number of halogens is 1. The second-order valence-electron chi connectivity index (χ2n) is 5.99. The highest BCUT2D eigenvalue weighted by molar-refractivity contribution is 8.15. The van der Waals surface area contributed by atoms with Gasteiger partial charge in [-0.15, -0.1) is 0 Å². The molecular formula is C18H18FN3OS. The molecule has 0 aromatic heterocycles. The quantitative estimate of drug-likeness (QED) is 0.882. The summed E-state index contributed by atoms with van der Waals surface area (Å²) in [6.45, 7) is 3.96. The Morgan fingerprint density at radius 2 is 2.04 bits per heavy atom. The molecule has 1 aliphatic heterocycles. The number of nitrogens with one attached hydrogen (secondary N) is 2. The molecule has 1 aliphatic rings. The number of aliphatic imine (C=N–C) groups is 1. The van der Waals surface area contributed by atoms with Gasteiger partial charge in [-0.1, -0.05) is 36.0 Å². The zero-order valence-corrected chi connectivity index (χ0v) is 14.3. The molecule has 0 fully saturated rings. The third kappa shape index (κ3) is 3.94. The Morgan fingerprint density at radius 1 is 1.25 bits per heavy atom. The highest BCUT2D eigenvalue weighted by Gasteiger charge is 2.25. The maximum Gasteiger partial charge on any atom is 0.234 e. The zero-order chi connectivity index (χ0) is 17.2. The van der Waals surface area contributed by atoms with E-state index in [1.807, 2.05) is 38.1 Å². The summed E-state index contributed by atoms with van der Waals surface area (Å²) in [6, 6.07) is 13.7. The van der Waals surface area contributed by atoms with Crippen molar-refractivity contribution in [1.29, 1.82) is 0 Å². The minimum atomic E-state index is -0.421. The summed E-state index contributed by atoms with van der Waals surface area (Å²) in [5.74, 6) is -0.360. The minimum Gasteiger partial charge on any atom is -0.361 e. The largest absolute Gasteiger partial charge is 0.361 e.